The molecule has 4 heteroatoms. The van der Waals surface area contributed by atoms with E-state index in [1.54, 1.807) is 0 Å². The standard InChI is InChI=1S/C25H28N2O2/c1-3-29-23-16-14-20(15-17-23)18-27(2)19-24(28)26-25(21-10-6-4-7-11-21)22-12-8-5-9-13-22/h4-17,25H,3,18-19H2,1-2H3,(H,26,28)/p+1. The number of ether oxygens (including phenoxy) is 1. The number of quaternary nitrogens is 1. The molecule has 3 aromatic carbocycles. The maximum Gasteiger partial charge on any atom is 0.275 e. The maximum atomic E-state index is 12.8. The van der Waals surface area contributed by atoms with Gasteiger partial charge in [0.05, 0.1) is 19.7 Å². The molecule has 3 aromatic rings. The number of rotatable bonds is 9. The van der Waals surface area contributed by atoms with Crippen LogP contribution >= 0.6 is 0 Å². The first-order valence-electron chi connectivity index (χ1n) is 10.1. The quantitative estimate of drug-likeness (QED) is 0.591. The van der Waals surface area contributed by atoms with E-state index in [0.29, 0.717) is 13.2 Å². The van der Waals surface area contributed by atoms with Crippen LogP contribution in [0, 0.1) is 0 Å². The van der Waals surface area contributed by atoms with Crippen molar-refractivity contribution in [2.45, 2.75) is 19.5 Å². The van der Waals surface area contributed by atoms with Crippen LogP contribution in [-0.4, -0.2) is 26.1 Å². The van der Waals surface area contributed by atoms with Crippen LogP contribution in [0.5, 0.6) is 5.75 Å². The summed E-state index contributed by atoms with van der Waals surface area (Å²) in [7, 11) is 2.04. The highest BCUT2D eigenvalue weighted by atomic mass is 16.5. The summed E-state index contributed by atoms with van der Waals surface area (Å²) in [5, 5.41) is 3.21. The second kappa shape index (κ2) is 10.4. The second-order valence-corrected chi connectivity index (χ2v) is 7.21. The number of nitrogens with one attached hydrogen (secondary N) is 2. The molecule has 0 spiro atoms. The SMILES string of the molecule is CCOc1ccc(C[NH+](C)CC(=O)NC(c2ccccc2)c2ccccc2)cc1. The summed E-state index contributed by atoms with van der Waals surface area (Å²) in [6.45, 7) is 3.82. The predicted molar refractivity (Wildman–Crippen MR) is 116 cm³/mol. The van der Waals surface area contributed by atoms with Crippen LogP contribution in [0.1, 0.15) is 29.7 Å². The summed E-state index contributed by atoms with van der Waals surface area (Å²) in [6, 6.07) is 28.1. The third-order valence-corrected chi connectivity index (χ3v) is 4.77. The largest absolute Gasteiger partial charge is 0.494 e. The van der Waals surface area contributed by atoms with Crippen LogP contribution in [-0.2, 0) is 11.3 Å². The fourth-order valence-corrected chi connectivity index (χ4v) is 3.42. The first kappa shape index (κ1) is 20.6. The fraction of sp³-hybridized carbons (Fsp3) is 0.240. The van der Waals surface area contributed by atoms with Crippen molar-refractivity contribution in [2.75, 3.05) is 20.2 Å². The average molecular weight is 390 g/mol. The minimum atomic E-state index is -0.150. The molecule has 3 rings (SSSR count). The van der Waals surface area contributed by atoms with Gasteiger partial charge in [-0.2, -0.15) is 0 Å². The predicted octanol–water partition coefficient (Wildman–Crippen LogP) is 3.01. The van der Waals surface area contributed by atoms with Gasteiger partial charge in [-0.1, -0.05) is 60.7 Å². The molecule has 4 nitrogen and oxygen atoms in total. The molecule has 0 aliphatic rings. The minimum absolute atomic E-state index is 0.0335. The molecular weight excluding hydrogens is 360 g/mol. The van der Waals surface area contributed by atoms with Crippen molar-refractivity contribution >= 4 is 5.91 Å². The van der Waals surface area contributed by atoms with Crippen LogP contribution in [0.3, 0.4) is 0 Å². The van der Waals surface area contributed by atoms with E-state index in [9.17, 15) is 4.79 Å². The van der Waals surface area contributed by atoms with E-state index in [-0.39, 0.29) is 11.9 Å². The van der Waals surface area contributed by atoms with Crippen molar-refractivity contribution < 1.29 is 14.4 Å². The Hall–Kier alpha value is -3.11. The monoisotopic (exact) mass is 389 g/mol. The molecular formula is C25H29N2O2+. The summed E-state index contributed by atoms with van der Waals surface area (Å²) < 4.78 is 5.49. The van der Waals surface area contributed by atoms with Crippen molar-refractivity contribution in [1.82, 2.24) is 5.32 Å². The van der Waals surface area contributed by atoms with E-state index >= 15 is 0 Å². The first-order valence-corrected chi connectivity index (χ1v) is 10.1. The number of amides is 1. The third-order valence-electron chi connectivity index (χ3n) is 4.77. The molecule has 0 aliphatic heterocycles. The zero-order valence-electron chi connectivity index (χ0n) is 17.1. The molecule has 150 valence electrons. The lowest BCUT2D eigenvalue weighted by Crippen LogP contribution is -3.08. The Morgan fingerprint density at radius 2 is 1.45 bits per heavy atom. The van der Waals surface area contributed by atoms with Crippen molar-refractivity contribution in [1.29, 1.82) is 0 Å². The van der Waals surface area contributed by atoms with E-state index in [2.05, 4.69) is 41.7 Å². The lowest BCUT2D eigenvalue weighted by Gasteiger charge is -2.21. The second-order valence-electron chi connectivity index (χ2n) is 7.21. The van der Waals surface area contributed by atoms with Gasteiger partial charge in [0, 0.05) is 5.56 Å². The highest BCUT2D eigenvalue weighted by molar-refractivity contribution is 5.77. The fourth-order valence-electron chi connectivity index (χ4n) is 3.42. The molecule has 1 amide bonds. The Morgan fingerprint density at radius 1 is 0.897 bits per heavy atom. The topological polar surface area (TPSA) is 42.8 Å². The van der Waals surface area contributed by atoms with Crippen LogP contribution in [0.4, 0.5) is 0 Å². The van der Waals surface area contributed by atoms with Gasteiger partial charge in [0.15, 0.2) is 6.54 Å². The zero-order chi connectivity index (χ0) is 20.5. The lowest BCUT2D eigenvalue weighted by atomic mass is 9.99. The van der Waals surface area contributed by atoms with Gasteiger partial charge in [0.25, 0.3) is 5.91 Å². The summed E-state index contributed by atoms with van der Waals surface area (Å²) in [6.07, 6.45) is 0. The van der Waals surface area contributed by atoms with E-state index in [0.717, 1.165) is 28.3 Å². The van der Waals surface area contributed by atoms with E-state index in [1.165, 1.54) is 5.56 Å². The van der Waals surface area contributed by atoms with E-state index in [4.69, 9.17) is 4.74 Å². The maximum absolute atomic E-state index is 12.8. The van der Waals surface area contributed by atoms with Gasteiger partial charge in [-0.25, -0.2) is 0 Å². The summed E-state index contributed by atoms with van der Waals surface area (Å²) >= 11 is 0. The van der Waals surface area contributed by atoms with Gasteiger partial charge in [0.1, 0.15) is 12.3 Å². The van der Waals surface area contributed by atoms with Crippen molar-refractivity contribution in [2.24, 2.45) is 0 Å². The first-order chi connectivity index (χ1) is 14.2. The minimum Gasteiger partial charge on any atom is -0.494 e. The molecule has 29 heavy (non-hydrogen) atoms. The molecule has 0 saturated heterocycles. The summed E-state index contributed by atoms with van der Waals surface area (Å²) in [4.78, 5) is 13.9. The number of likely N-dealkylation sites (N-methyl/N-ethyl adjacent to an activating group) is 1. The zero-order valence-corrected chi connectivity index (χ0v) is 17.1. The summed E-state index contributed by atoms with van der Waals surface area (Å²) in [5.41, 5.74) is 3.34. The molecule has 0 saturated carbocycles. The molecule has 1 unspecified atom stereocenters. The average Bonchev–Trinajstić information content (AvgIpc) is 2.75. The number of carbonyl (C=O) groups excluding carboxylic acids is 1. The van der Waals surface area contributed by atoms with Gasteiger partial charge in [0.2, 0.25) is 0 Å². The Morgan fingerprint density at radius 3 is 1.97 bits per heavy atom. The Kier molecular flexibility index (Phi) is 7.42. The van der Waals surface area contributed by atoms with Crippen LogP contribution in [0.15, 0.2) is 84.9 Å². The van der Waals surface area contributed by atoms with Crippen LogP contribution < -0.4 is 15.0 Å². The number of hydrogen-bond acceptors (Lipinski definition) is 2. The molecule has 0 heterocycles. The van der Waals surface area contributed by atoms with Gasteiger partial charge in [-0.3, -0.25) is 4.79 Å². The highest BCUT2D eigenvalue weighted by Crippen LogP contribution is 2.21. The number of carbonyl (C=O) groups is 1. The van der Waals surface area contributed by atoms with E-state index < -0.39 is 0 Å². The Bertz CT molecular complexity index is 840. The van der Waals surface area contributed by atoms with Crippen molar-refractivity contribution in [3.8, 4) is 5.75 Å². The third kappa shape index (κ3) is 6.19. The Labute approximate surface area is 173 Å². The van der Waals surface area contributed by atoms with Crippen molar-refractivity contribution in [3.63, 3.8) is 0 Å². The van der Waals surface area contributed by atoms with Crippen LogP contribution in [0.2, 0.25) is 0 Å². The molecule has 1 atom stereocenters. The van der Waals surface area contributed by atoms with Gasteiger partial charge < -0.3 is 15.0 Å². The summed E-state index contributed by atoms with van der Waals surface area (Å²) in [5.74, 6) is 0.909. The number of hydrogen-bond donors (Lipinski definition) is 2. The van der Waals surface area contributed by atoms with Gasteiger partial charge in [-0.05, 0) is 42.3 Å². The smallest absolute Gasteiger partial charge is 0.275 e. The van der Waals surface area contributed by atoms with Crippen LogP contribution in [0.25, 0.3) is 0 Å². The molecule has 0 aliphatic carbocycles. The highest BCUT2D eigenvalue weighted by Gasteiger charge is 2.19. The van der Waals surface area contributed by atoms with Gasteiger partial charge in [-0.15, -0.1) is 0 Å². The number of benzene rings is 3. The molecule has 2 N–H and O–H groups in total. The van der Waals surface area contributed by atoms with Crippen molar-refractivity contribution in [3.05, 3.63) is 102 Å². The molecule has 0 bridgehead atoms. The lowest BCUT2D eigenvalue weighted by molar-refractivity contribution is -0.885. The Balaban J connectivity index is 1.62. The van der Waals surface area contributed by atoms with E-state index in [1.807, 2.05) is 62.5 Å². The molecule has 0 radical (unpaired) electrons. The normalized spacial score (nSPS) is 11.8. The van der Waals surface area contributed by atoms with Gasteiger partial charge >= 0.3 is 0 Å². The molecule has 0 fully saturated rings. The molecule has 0 aromatic heterocycles.